The summed E-state index contributed by atoms with van der Waals surface area (Å²) >= 11 is 0. The molecule has 0 bridgehead atoms. The van der Waals surface area contributed by atoms with Gasteiger partial charge in [0.15, 0.2) is 0 Å². The molecule has 0 saturated heterocycles. The zero-order chi connectivity index (χ0) is 14.2. The molecule has 0 aliphatic heterocycles. The number of benzene rings is 1. The van der Waals surface area contributed by atoms with Crippen LogP contribution in [0.5, 0.6) is 0 Å². The minimum atomic E-state index is -1.09. The molecule has 1 aromatic carbocycles. The van der Waals surface area contributed by atoms with Crippen LogP contribution in [-0.4, -0.2) is 15.6 Å². The molecule has 0 atom stereocenters. The first-order valence-electron chi connectivity index (χ1n) is 5.92. The molecule has 4 heteroatoms. The number of carboxylic acid groups (broad SMARTS) is 1. The van der Waals surface area contributed by atoms with Gasteiger partial charge in [0.25, 0.3) is 5.56 Å². The van der Waals surface area contributed by atoms with Gasteiger partial charge in [-0.25, -0.2) is 4.79 Å². The Hall–Kier alpha value is -2.36. The SMILES string of the molecule is Cc1ccc(C)c(-c2cc(C(=O)O)cc(=O)n2C)c1. The van der Waals surface area contributed by atoms with Gasteiger partial charge in [0.1, 0.15) is 0 Å². The smallest absolute Gasteiger partial charge is 0.335 e. The largest absolute Gasteiger partial charge is 0.478 e. The maximum atomic E-state index is 11.8. The minimum Gasteiger partial charge on any atom is -0.478 e. The molecule has 2 rings (SSSR count). The summed E-state index contributed by atoms with van der Waals surface area (Å²) in [5.41, 5.74) is 3.25. The molecule has 0 spiro atoms. The second-order valence-corrected chi connectivity index (χ2v) is 4.65. The van der Waals surface area contributed by atoms with E-state index in [0.29, 0.717) is 5.69 Å². The number of pyridine rings is 1. The molecular formula is C15H15NO3. The van der Waals surface area contributed by atoms with Gasteiger partial charge in [-0.2, -0.15) is 0 Å². The van der Waals surface area contributed by atoms with Crippen LogP contribution in [0.1, 0.15) is 21.5 Å². The van der Waals surface area contributed by atoms with Crippen molar-refractivity contribution in [2.45, 2.75) is 13.8 Å². The Labute approximate surface area is 110 Å². The molecule has 0 fully saturated rings. The fraction of sp³-hybridized carbons (Fsp3) is 0.200. The Morgan fingerprint density at radius 2 is 1.84 bits per heavy atom. The van der Waals surface area contributed by atoms with E-state index in [4.69, 9.17) is 5.11 Å². The monoisotopic (exact) mass is 257 g/mol. The van der Waals surface area contributed by atoms with Crippen molar-refractivity contribution in [2.24, 2.45) is 7.05 Å². The summed E-state index contributed by atoms with van der Waals surface area (Å²) in [6.45, 7) is 3.90. The fourth-order valence-corrected chi connectivity index (χ4v) is 2.03. The molecule has 2 aromatic rings. The van der Waals surface area contributed by atoms with Crippen molar-refractivity contribution in [1.82, 2.24) is 4.57 Å². The van der Waals surface area contributed by atoms with Crippen LogP contribution in [0.4, 0.5) is 0 Å². The maximum Gasteiger partial charge on any atom is 0.335 e. The van der Waals surface area contributed by atoms with E-state index < -0.39 is 5.97 Å². The fourth-order valence-electron chi connectivity index (χ4n) is 2.03. The normalized spacial score (nSPS) is 10.5. The number of hydrogen-bond acceptors (Lipinski definition) is 2. The van der Waals surface area contributed by atoms with E-state index in [0.717, 1.165) is 22.8 Å². The van der Waals surface area contributed by atoms with Gasteiger partial charge in [-0.3, -0.25) is 4.79 Å². The number of carboxylic acids is 1. The Morgan fingerprint density at radius 3 is 2.47 bits per heavy atom. The molecule has 1 aromatic heterocycles. The first kappa shape index (κ1) is 13.1. The Balaban J connectivity index is 2.78. The predicted octanol–water partition coefficient (Wildman–Crippen LogP) is 2.37. The van der Waals surface area contributed by atoms with Crippen LogP contribution in [0.3, 0.4) is 0 Å². The van der Waals surface area contributed by atoms with Crippen molar-refractivity contribution in [1.29, 1.82) is 0 Å². The lowest BCUT2D eigenvalue weighted by Gasteiger charge is -2.12. The van der Waals surface area contributed by atoms with Crippen LogP contribution in [0.25, 0.3) is 11.3 Å². The van der Waals surface area contributed by atoms with E-state index in [2.05, 4.69) is 0 Å². The molecule has 0 unspecified atom stereocenters. The topological polar surface area (TPSA) is 59.3 Å². The zero-order valence-electron chi connectivity index (χ0n) is 11.1. The molecule has 0 radical (unpaired) electrons. The molecule has 4 nitrogen and oxygen atoms in total. The van der Waals surface area contributed by atoms with Gasteiger partial charge < -0.3 is 9.67 Å². The van der Waals surface area contributed by atoms with Gasteiger partial charge in [0, 0.05) is 18.7 Å². The predicted molar refractivity (Wildman–Crippen MR) is 73.6 cm³/mol. The van der Waals surface area contributed by atoms with Crippen LogP contribution in [0.2, 0.25) is 0 Å². The van der Waals surface area contributed by atoms with Crippen LogP contribution >= 0.6 is 0 Å². The number of aromatic nitrogens is 1. The van der Waals surface area contributed by atoms with Crippen molar-refractivity contribution in [3.8, 4) is 11.3 Å². The van der Waals surface area contributed by atoms with E-state index >= 15 is 0 Å². The highest BCUT2D eigenvalue weighted by molar-refractivity contribution is 5.89. The number of nitrogens with zero attached hydrogens (tertiary/aromatic N) is 1. The second-order valence-electron chi connectivity index (χ2n) is 4.65. The standard InChI is InChI=1S/C15H15NO3/c1-9-4-5-10(2)12(6-9)13-7-11(15(18)19)8-14(17)16(13)3/h4-8H,1-3H3,(H,18,19). The first-order chi connectivity index (χ1) is 8.90. The molecule has 0 aliphatic rings. The molecule has 98 valence electrons. The van der Waals surface area contributed by atoms with Crippen molar-refractivity contribution < 1.29 is 9.90 Å². The van der Waals surface area contributed by atoms with Crippen LogP contribution < -0.4 is 5.56 Å². The maximum absolute atomic E-state index is 11.8. The molecule has 0 amide bonds. The summed E-state index contributed by atoms with van der Waals surface area (Å²) < 4.78 is 1.47. The summed E-state index contributed by atoms with van der Waals surface area (Å²) in [7, 11) is 1.64. The van der Waals surface area contributed by atoms with Gasteiger partial charge >= 0.3 is 5.97 Å². The summed E-state index contributed by atoms with van der Waals surface area (Å²) in [5, 5.41) is 9.05. The van der Waals surface area contributed by atoms with Crippen molar-refractivity contribution in [3.63, 3.8) is 0 Å². The lowest BCUT2D eigenvalue weighted by Crippen LogP contribution is -2.20. The number of aryl methyl sites for hydroxylation is 2. The highest BCUT2D eigenvalue weighted by Crippen LogP contribution is 2.24. The summed E-state index contributed by atoms with van der Waals surface area (Å²) in [5.74, 6) is -1.09. The van der Waals surface area contributed by atoms with E-state index in [-0.39, 0.29) is 11.1 Å². The zero-order valence-corrected chi connectivity index (χ0v) is 11.1. The molecule has 0 saturated carbocycles. The third-order valence-electron chi connectivity index (χ3n) is 3.18. The van der Waals surface area contributed by atoms with Crippen LogP contribution in [0, 0.1) is 13.8 Å². The third kappa shape index (κ3) is 2.42. The second kappa shape index (κ2) is 4.72. The molecule has 0 aliphatic carbocycles. The third-order valence-corrected chi connectivity index (χ3v) is 3.18. The summed E-state index contributed by atoms with van der Waals surface area (Å²) in [6, 6.07) is 8.57. The number of aromatic carboxylic acids is 1. The highest BCUT2D eigenvalue weighted by Gasteiger charge is 2.12. The van der Waals surface area contributed by atoms with Gasteiger partial charge in [0.05, 0.1) is 11.3 Å². The van der Waals surface area contributed by atoms with Crippen molar-refractivity contribution in [2.75, 3.05) is 0 Å². The van der Waals surface area contributed by atoms with Gasteiger partial charge in [-0.05, 0) is 31.5 Å². The van der Waals surface area contributed by atoms with Crippen molar-refractivity contribution >= 4 is 5.97 Å². The van der Waals surface area contributed by atoms with Crippen LogP contribution in [0.15, 0.2) is 35.1 Å². The van der Waals surface area contributed by atoms with Gasteiger partial charge in [0.2, 0.25) is 0 Å². The minimum absolute atomic E-state index is 0.0130. The van der Waals surface area contributed by atoms with Crippen molar-refractivity contribution in [3.05, 3.63) is 57.4 Å². The average molecular weight is 257 g/mol. The lowest BCUT2D eigenvalue weighted by atomic mass is 10.0. The molecule has 1 N–H and O–H groups in total. The number of carbonyl (C=O) groups is 1. The average Bonchev–Trinajstić information content (AvgIpc) is 2.35. The number of hydrogen-bond donors (Lipinski definition) is 1. The van der Waals surface area contributed by atoms with E-state index in [9.17, 15) is 9.59 Å². The highest BCUT2D eigenvalue weighted by atomic mass is 16.4. The van der Waals surface area contributed by atoms with E-state index in [1.807, 2.05) is 32.0 Å². The quantitative estimate of drug-likeness (QED) is 0.898. The number of rotatable bonds is 2. The van der Waals surface area contributed by atoms with Gasteiger partial charge in [-0.15, -0.1) is 0 Å². The summed E-state index contributed by atoms with van der Waals surface area (Å²) in [6.07, 6.45) is 0. The van der Waals surface area contributed by atoms with E-state index in [1.54, 1.807) is 7.05 Å². The Kier molecular flexibility index (Phi) is 3.25. The lowest BCUT2D eigenvalue weighted by molar-refractivity contribution is 0.0696. The Bertz CT molecular complexity index is 714. The van der Waals surface area contributed by atoms with Crippen LogP contribution in [-0.2, 0) is 7.05 Å². The first-order valence-corrected chi connectivity index (χ1v) is 5.92. The Morgan fingerprint density at radius 1 is 1.16 bits per heavy atom. The van der Waals surface area contributed by atoms with Gasteiger partial charge in [-0.1, -0.05) is 17.7 Å². The molecular weight excluding hydrogens is 242 g/mol. The summed E-state index contributed by atoms with van der Waals surface area (Å²) in [4.78, 5) is 22.9. The molecule has 1 heterocycles. The molecule has 19 heavy (non-hydrogen) atoms. The van der Waals surface area contributed by atoms with E-state index in [1.165, 1.54) is 10.6 Å².